The van der Waals surface area contributed by atoms with Crippen molar-refractivity contribution in [3.63, 3.8) is 0 Å². The van der Waals surface area contributed by atoms with E-state index in [9.17, 15) is 4.79 Å². The van der Waals surface area contributed by atoms with Crippen molar-refractivity contribution in [2.75, 3.05) is 5.88 Å². The van der Waals surface area contributed by atoms with Crippen molar-refractivity contribution in [1.29, 1.82) is 0 Å². The van der Waals surface area contributed by atoms with Gasteiger partial charge in [-0.1, -0.05) is 35.9 Å². The van der Waals surface area contributed by atoms with Gasteiger partial charge in [0.15, 0.2) is 4.47 Å². The second kappa shape index (κ2) is 7.87. The van der Waals surface area contributed by atoms with Crippen LogP contribution >= 0.6 is 34.5 Å². The van der Waals surface area contributed by atoms with Crippen molar-refractivity contribution in [3.8, 4) is 11.1 Å². The minimum atomic E-state index is -0.0574. The van der Waals surface area contributed by atoms with Crippen LogP contribution in [0.3, 0.4) is 0 Å². The maximum atomic E-state index is 13.4. The smallest absolute Gasteiger partial charge is 0.346 e. The number of fused-ring (bicyclic) bond motifs is 2. The molecule has 0 atom stereocenters. The molecule has 0 fully saturated rings. The van der Waals surface area contributed by atoms with E-state index in [1.807, 2.05) is 48.8 Å². The van der Waals surface area contributed by atoms with E-state index in [4.69, 9.17) is 23.2 Å². The molecule has 0 aliphatic heterocycles. The van der Waals surface area contributed by atoms with E-state index in [1.54, 1.807) is 16.8 Å². The first-order valence-electron chi connectivity index (χ1n) is 9.44. The van der Waals surface area contributed by atoms with Crippen LogP contribution in [-0.4, -0.2) is 19.8 Å². The van der Waals surface area contributed by atoms with Gasteiger partial charge in [-0.25, -0.2) is 14.3 Å². The number of pyridine rings is 1. The maximum absolute atomic E-state index is 13.4. The number of thiazole rings is 1. The first kappa shape index (κ1) is 19.3. The van der Waals surface area contributed by atoms with Crippen LogP contribution in [0.1, 0.15) is 4.88 Å². The number of halogens is 2. The summed E-state index contributed by atoms with van der Waals surface area (Å²) >= 11 is 13.5. The second-order valence-electron chi connectivity index (χ2n) is 6.93. The van der Waals surface area contributed by atoms with Gasteiger partial charge in [0, 0.05) is 47.4 Å². The number of hydrogen-bond acceptors (Lipinski definition) is 3. The fraction of sp³-hybridized carbons (Fsp3) is 0.136. The van der Waals surface area contributed by atoms with Crippen LogP contribution in [0.2, 0.25) is 4.47 Å². The van der Waals surface area contributed by atoms with E-state index < -0.39 is 0 Å². The van der Waals surface area contributed by atoms with Crippen molar-refractivity contribution < 1.29 is 4.57 Å². The molecule has 4 aromatic heterocycles. The summed E-state index contributed by atoms with van der Waals surface area (Å²) in [6.45, 7) is 1.25. The summed E-state index contributed by atoms with van der Waals surface area (Å²) in [4.78, 5) is 18.6. The Kier molecular flexibility index (Phi) is 5.06. The van der Waals surface area contributed by atoms with Crippen LogP contribution in [0.5, 0.6) is 0 Å². The molecule has 0 saturated carbocycles. The molecule has 150 valence electrons. The van der Waals surface area contributed by atoms with E-state index in [2.05, 4.69) is 20.2 Å². The monoisotopic (exact) mass is 455 g/mol. The zero-order valence-electron chi connectivity index (χ0n) is 15.8. The van der Waals surface area contributed by atoms with Crippen molar-refractivity contribution in [2.24, 2.45) is 0 Å². The van der Waals surface area contributed by atoms with Gasteiger partial charge in [-0.3, -0.25) is 0 Å². The summed E-state index contributed by atoms with van der Waals surface area (Å²) in [6, 6.07) is 13.8. The highest BCUT2D eigenvalue weighted by molar-refractivity contribution is 7.15. The van der Waals surface area contributed by atoms with E-state index in [-0.39, 0.29) is 5.56 Å². The molecular formula is C22H17Cl2N4OS+. The van der Waals surface area contributed by atoms with Crippen LogP contribution < -0.4 is 10.1 Å². The Bertz CT molecular complexity index is 1440. The molecule has 0 unspecified atom stereocenters. The number of nitrogens with zero attached hydrogens (tertiary/aromatic N) is 4. The fourth-order valence-corrected chi connectivity index (χ4v) is 4.98. The van der Waals surface area contributed by atoms with Crippen molar-refractivity contribution in [3.05, 3.63) is 86.9 Å². The summed E-state index contributed by atoms with van der Waals surface area (Å²) in [7, 11) is 0. The third-order valence-electron chi connectivity index (χ3n) is 5.12. The van der Waals surface area contributed by atoms with Gasteiger partial charge >= 0.3 is 5.56 Å². The zero-order valence-corrected chi connectivity index (χ0v) is 18.2. The highest BCUT2D eigenvalue weighted by Crippen LogP contribution is 2.28. The molecule has 5 nitrogen and oxygen atoms in total. The van der Waals surface area contributed by atoms with Gasteiger partial charge in [0.05, 0.1) is 11.1 Å². The molecule has 5 aromatic rings. The van der Waals surface area contributed by atoms with Gasteiger partial charge in [0.1, 0.15) is 18.3 Å². The minimum Gasteiger partial charge on any atom is -0.346 e. The molecule has 8 heteroatoms. The van der Waals surface area contributed by atoms with Gasteiger partial charge in [0.25, 0.3) is 5.65 Å². The average Bonchev–Trinajstić information content (AvgIpc) is 3.34. The third-order valence-corrected chi connectivity index (χ3v) is 6.39. The minimum absolute atomic E-state index is 0.0574. The summed E-state index contributed by atoms with van der Waals surface area (Å²) in [6.07, 6.45) is 7.52. The Morgan fingerprint density at radius 1 is 1.10 bits per heavy atom. The average molecular weight is 456 g/mol. The summed E-state index contributed by atoms with van der Waals surface area (Å²) < 4.78 is 6.36. The topological polar surface area (TPSA) is 43.2 Å². The Labute approximate surface area is 186 Å². The van der Waals surface area contributed by atoms with E-state index >= 15 is 0 Å². The van der Waals surface area contributed by atoms with Gasteiger partial charge in [-0.15, -0.1) is 22.9 Å². The van der Waals surface area contributed by atoms with Crippen LogP contribution in [0.4, 0.5) is 0 Å². The molecule has 0 radical (unpaired) electrons. The molecule has 0 saturated heterocycles. The molecule has 1 aromatic carbocycles. The predicted octanol–water partition coefficient (Wildman–Crippen LogP) is 4.61. The number of rotatable bonds is 5. The van der Waals surface area contributed by atoms with Gasteiger partial charge in [-0.2, -0.15) is 4.40 Å². The number of aryl methyl sites for hydroxylation is 1. The molecule has 0 aliphatic carbocycles. The summed E-state index contributed by atoms with van der Waals surface area (Å²) in [5.74, 6) is 0.501. The lowest BCUT2D eigenvalue weighted by Gasteiger charge is -2.05. The Hall–Kier alpha value is -2.67. The van der Waals surface area contributed by atoms with Crippen LogP contribution in [0, 0.1) is 0 Å². The second-order valence-corrected chi connectivity index (χ2v) is 9.00. The summed E-state index contributed by atoms with van der Waals surface area (Å²) in [5.41, 5.74) is 3.35. The summed E-state index contributed by atoms with van der Waals surface area (Å²) in [5, 5.41) is 1.03. The molecule has 5 rings (SSSR count). The van der Waals surface area contributed by atoms with Gasteiger partial charge in [-0.05, 0) is 12.1 Å². The largest absolute Gasteiger partial charge is 0.350 e. The highest BCUT2D eigenvalue weighted by atomic mass is 35.5. The molecule has 0 amide bonds. The Morgan fingerprint density at radius 3 is 2.73 bits per heavy atom. The van der Waals surface area contributed by atoms with Crippen LogP contribution in [0.25, 0.3) is 27.7 Å². The Morgan fingerprint density at radius 2 is 1.93 bits per heavy atom. The first-order chi connectivity index (χ1) is 14.7. The molecule has 4 heterocycles. The highest BCUT2D eigenvalue weighted by Gasteiger charge is 2.21. The SMILES string of the molecule is O=c1c(-c2cn(CCCl)c3ccccc23)c[n+](Cc2cnc(Cl)s2)c2ccccn12. The van der Waals surface area contributed by atoms with Gasteiger partial charge in [0.2, 0.25) is 0 Å². The standard InChI is InChI=1S/C22H17Cl2N4OS/c23-8-10-26-13-17(16-5-1-2-6-19(16)26)18-14-27(12-15-11-25-22(24)30-15)20-7-3-4-9-28(20)21(18)29/h1-7,9,11,13-14H,8,10,12H2/q+1. The first-order valence-corrected chi connectivity index (χ1v) is 11.2. The zero-order chi connectivity index (χ0) is 20.7. The van der Waals surface area contributed by atoms with E-state index in [0.29, 0.717) is 29.0 Å². The van der Waals surface area contributed by atoms with E-state index in [1.165, 1.54) is 11.3 Å². The number of hydrogen-bond donors (Lipinski definition) is 0. The molecule has 0 bridgehead atoms. The normalized spacial score (nSPS) is 11.5. The number of benzene rings is 1. The third kappa shape index (κ3) is 3.31. The number of para-hydroxylation sites is 1. The lowest BCUT2D eigenvalue weighted by atomic mass is 10.1. The maximum Gasteiger partial charge on any atom is 0.350 e. The number of alkyl halides is 1. The molecule has 0 aliphatic rings. The lowest BCUT2D eigenvalue weighted by Crippen LogP contribution is -2.40. The van der Waals surface area contributed by atoms with Crippen molar-refractivity contribution >= 4 is 51.1 Å². The van der Waals surface area contributed by atoms with Crippen LogP contribution in [0.15, 0.2) is 72.0 Å². The lowest BCUT2D eigenvalue weighted by molar-refractivity contribution is -0.664. The molecule has 0 spiro atoms. The molecule has 0 N–H and O–H groups in total. The van der Waals surface area contributed by atoms with Crippen LogP contribution in [-0.2, 0) is 13.1 Å². The van der Waals surface area contributed by atoms with Gasteiger partial charge < -0.3 is 4.57 Å². The molecule has 30 heavy (non-hydrogen) atoms. The van der Waals surface area contributed by atoms with Crippen molar-refractivity contribution in [2.45, 2.75) is 13.1 Å². The quantitative estimate of drug-likeness (QED) is 0.287. The predicted molar refractivity (Wildman–Crippen MR) is 122 cm³/mol. The fourth-order valence-electron chi connectivity index (χ4n) is 3.82. The number of aromatic nitrogens is 4. The van der Waals surface area contributed by atoms with Crippen molar-refractivity contribution in [1.82, 2.24) is 14.0 Å². The van der Waals surface area contributed by atoms with E-state index in [0.717, 1.165) is 27.0 Å². The Balaban J connectivity index is 1.77. The molecular weight excluding hydrogens is 439 g/mol.